The molecule has 2 rings (SSSR count). The number of hydrogen-bond acceptors (Lipinski definition) is 5. The predicted octanol–water partition coefficient (Wildman–Crippen LogP) is 3.65. The van der Waals surface area contributed by atoms with Gasteiger partial charge in [0.2, 0.25) is 0 Å². The summed E-state index contributed by atoms with van der Waals surface area (Å²) in [7, 11) is -4.26. The van der Waals surface area contributed by atoms with Gasteiger partial charge < -0.3 is 0 Å². The van der Waals surface area contributed by atoms with Gasteiger partial charge in [-0.25, -0.2) is 8.42 Å². The normalized spacial score (nSPS) is 13.0. The summed E-state index contributed by atoms with van der Waals surface area (Å²) in [5.41, 5.74) is -1.43. The van der Waals surface area contributed by atoms with Gasteiger partial charge in [0.05, 0.1) is 21.5 Å². The number of nitrogens with zero attached hydrogens (tertiary/aromatic N) is 2. The van der Waals surface area contributed by atoms with Crippen LogP contribution < -0.4 is 0 Å². The molecule has 0 saturated heterocycles. The van der Waals surface area contributed by atoms with Crippen LogP contribution in [0.1, 0.15) is 16.4 Å². The average molecular weight is 370 g/mol. The lowest BCUT2D eigenvalue weighted by molar-refractivity contribution is -0.384. The molecule has 10 heteroatoms. The summed E-state index contributed by atoms with van der Waals surface area (Å²) in [4.78, 5) is 9.54. The van der Waals surface area contributed by atoms with E-state index in [4.69, 9.17) is 0 Å². The number of hydrogen-bond donors (Lipinski definition) is 0. The molecule has 2 aromatic carbocycles. The summed E-state index contributed by atoms with van der Waals surface area (Å²) in [5.74, 6) is 0. The lowest BCUT2D eigenvalue weighted by Gasteiger charge is -2.13. The molecule has 1 unspecified atom stereocenters. The van der Waals surface area contributed by atoms with Crippen LogP contribution in [-0.2, 0) is 16.0 Å². The van der Waals surface area contributed by atoms with Crippen molar-refractivity contribution < 1.29 is 26.5 Å². The van der Waals surface area contributed by atoms with Crippen LogP contribution >= 0.6 is 0 Å². The fraction of sp³-hybridized carbons (Fsp3) is 0.133. The minimum atomic E-state index is -4.59. The summed E-state index contributed by atoms with van der Waals surface area (Å²) in [5, 5.41) is 18.0. The zero-order chi connectivity index (χ0) is 18.8. The Morgan fingerprint density at radius 3 is 1.96 bits per heavy atom. The third-order valence-corrected chi connectivity index (χ3v) is 5.27. The molecule has 0 heterocycles. The van der Waals surface area contributed by atoms with Gasteiger partial charge in [0.1, 0.15) is 0 Å². The molecule has 0 saturated carbocycles. The summed E-state index contributed by atoms with van der Waals surface area (Å²) < 4.78 is 62.7. The van der Waals surface area contributed by atoms with E-state index < -0.39 is 31.8 Å². The van der Waals surface area contributed by atoms with Gasteiger partial charge >= 0.3 is 6.18 Å². The molecule has 2 aromatic rings. The SMILES string of the molecule is N#CC(c1ccc(C(F)(F)F)cc1)S(=O)(=O)c1ccc([N+](=O)[O-])cc1. The average Bonchev–Trinajstić information content (AvgIpc) is 2.55. The van der Waals surface area contributed by atoms with Gasteiger partial charge in [-0.05, 0) is 29.8 Å². The van der Waals surface area contributed by atoms with Crippen molar-refractivity contribution in [2.24, 2.45) is 0 Å². The van der Waals surface area contributed by atoms with Crippen LogP contribution in [-0.4, -0.2) is 13.3 Å². The fourth-order valence-corrected chi connectivity index (χ4v) is 3.51. The van der Waals surface area contributed by atoms with Crippen molar-refractivity contribution in [2.75, 3.05) is 0 Å². The number of halogens is 3. The third-order valence-electron chi connectivity index (χ3n) is 3.34. The Morgan fingerprint density at radius 1 is 1.04 bits per heavy atom. The van der Waals surface area contributed by atoms with E-state index in [1.54, 1.807) is 6.07 Å². The molecule has 0 amide bonds. The van der Waals surface area contributed by atoms with E-state index in [1.165, 1.54) is 0 Å². The molecule has 0 aromatic heterocycles. The highest BCUT2D eigenvalue weighted by Crippen LogP contribution is 2.33. The first-order chi connectivity index (χ1) is 11.6. The summed E-state index contributed by atoms with van der Waals surface area (Å²) in [6.45, 7) is 0. The Balaban J connectivity index is 2.42. The van der Waals surface area contributed by atoms with Crippen LogP contribution in [0.4, 0.5) is 18.9 Å². The minimum Gasteiger partial charge on any atom is -0.258 e. The second-order valence-electron chi connectivity index (χ2n) is 4.92. The number of sulfone groups is 1. The Morgan fingerprint density at radius 2 is 1.56 bits per heavy atom. The van der Waals surface area contributed by atoms with E-state index in [9.17, 15) is 37.0 Å². The van der Waals surface area contributed by atoms with Crippen molar-refractivity contribution in [3.8, 4) is 6.07 Å². The fourth-order valence-electron chi connectivity index (χ4n) is 2.06. The molecule has 0 N–H and O–H groups in total. The van der Waals surface area contributed by atoms with E-state index in [0.717, 1.165) is 36.4 Å². The molecule has 0 aliphatic rings. The minimum absolute atomic E-state index is 0.131. The maximum Gasteiger partial charge on any atom is 0.416 e. The second-order valence-corrected chi connectivity index (χ2v) is 6.96. The Bertz CT molecular complexity index is 931. The van der Waals surface area contributed by atoms with Crippen LogP contribution in [0, 0.1) is 21.4 Å². The van der Waals surface area contributed by atoms with Crippen molar-refractivity contribution in [3.63, 3.8) is 0 Å². The largest absolute Gasteiger partial charge is 0.416 e. The maximum absolute atomic E-state index is 12.6. The zero-order valence-corrected chi connectivity index (χ0v) is 13.1. The van der Waals surface area contributed by atoms with Gasteiger partial charge in [-0.15, -0.1) is 0 Å². The molecule has 1 atom stereocenters. The lowest BCUT2D eigenvalue weighted by atomic mass is 10.1. The van der Waals surface area contributed by atoms with E-state index in [2.05, 4.69) is 0 Å². The van der Waals surface area contributed by atoms with Gasteiger partial charge in [-0.2, -0.15) is 18.4 Å². The molecule has 25 heavy (non-hydrogen) atoms. The highest BCUT2D eigenvalue weighted by molar-refractivity contribution is 7.92. The first-order valence-corrected chi connectivity index (χ1v) is 8.17. The van der Waals surface area contributed by atoms with Gasteiger partial charge in [-0.1, -0.05) is 12.1 Å². The summed E-state index contributed by atoms with van der Waals surface area (Å²) in [6.07, 6.45) is -4.59. The van der Waals surface area contributed by atoms with Crippen molar-refractivity contribution in [2.45, 2.75) is 16.3 Å². The molecule has 0 spiro atoms. The van der Waals surface area contributed by atoms with Crippen LogP contribution in [0.3, 0.4) is 0 Å². The molecular formula is C15H9F3N2O4S. The smallest absolute Gasteiger partial charge is 0.258 e. The second kappa shape index (κ2) is 6.52. The highest BCUT2D eigenvalue weighted by Gasteiger charge is 2.33. The zero-order valence-electron chi connectivity index (χ0n) is 12.3. The predicted molar refractivity (Wildman–Crippen MR) is 80.1 cm³/mol. The van der Waals surface area contributed by atoms with E-state index in [1.807, 2.05) is 0 Å². The maximum atomic E-state index is 12.6. The van der Waals surface area contributed by atoms with E-state index in [0.29, 0.717) is 12.1 Å². The van der Waals surface area contributed by atoms with Gasteiger partial charge in [0.25, 0.3) is 5.69 Å². The van der Waals surface area contributed by atoms with E-state index >= 15 is 0 Å². The Labute approximate surface area is 140 Å². The first-order valence-electron chi connectivity index (χ1n) is 6.62. The van der Waals surface area contributed by atoms with Crippen LogP contribution in [0.2, 0.25) is 0 Å². The summed E-state index contributed by atoms with van der Waals surface area (Å²) >= 11 is 0. The molecular weight excluding hydrogens is 361 g/mol. The quantitative estimate of drug-likeness (QED) is 0.604. The molecule has 6 nitrogen and oxygen atoms in total. The monoisotopic (exact) mass is 370 g/mol. The standard InChI is InChI=1S/C15H9F3N2O4S/c16-15(17,18)11-3-1-10(2-4-11)14(9-19)25(23,24)13-7-5-12(6-8-13)20(21)22/h1-8,14H. The number of nitro groups is 1. The molecule has 0 fully saturated rings. The van der Waals surface area contributed by atoms with Crippen LogP contribution in [0.25, 0.3) is 0 Å². The van der Waals surface area contributed by atoms with Crippen molar-refractivity contribution in [1.82, 2.24) is 0 Å². The number of benzene rings is 2. The number of nitro benzene ring substituents is 1. The highest BCUT2D eigenvalue weighted by atomic mass is 32.2. The third kappa shape index (κ3) is 3.77. The molecule has 130 valence electrons. The van der Waals surface area contributed by atoms with Crippen LogP contribution in [0.15, 0.2) is 53.4 Å². The number of nitriles is 1. The van der Waals surface area contributed by atoms with Crippen molar-refractivity contribution >= 4 is 15.5 Å². The van der Waals surface area contributed by atoms with Crippen LogP contribution in [0.5, 0.6) is 0 Å². The molecule has 0 aliphatic heterocycles. The molecule has 0 bridgehead atoms. The number of non-ortho nitro benzene ring substituents is 1. The first kappa shape index (κ1) is 18.4. The van der Waals surface area contributed by atoms with Gasteiger partial charge in [0.15, 0.2) is 15.1 Å². The number of rotatable bonds is 4. The topological polar surface area (TPSA) is 101 Å². The van der Waals surface area contributed by atoms with E-state index in [-0.39, 0.29) is 16.1 Å². The van der Waals surface area contributed by atoms with Gasteiger partial charge in [0, 0.05) is 12.1 Å². The summed E-state index contributed by atoms with van der Waals surface area (Å²) in [6, 6.07) is 8.63. The molecule has 0 aliphatic carbocycles. The lowest BCUT2D eigenvalue weighted by Crippen LogP contribution is -2.13. The Hall–Kier alpha value is -2.93. The Kier molecular flexibility index (Phi) is 4.80. The van der Waals surface area contributed by atoms with Crippen molar-refractivity contribution in [1.29, 1.82) is 5.26 Å². The van der Waals surface area contributed by atoms with Gasteiger partial charge in [-0.3, -0.25) is 10.1 Å². The number of alkyl halides is 3. The molecule has 0 radical (unpaired) electrons. The van der Waals surface area contributed by atoms with Crippen molar-refractivity contribution in [3.05, 3.63) is 69.8 Å².